The number of nitrogens with zero attached hydrogens (tertiary/aromatic N) is 5. The monoisotopic (exact) mass is 494 g/mol. The summed E-state index contributed by atoms with van der Waals surface area (Å²) in [6.07, 6.45) is 7.14. The van der Waals surface area contributed by atoms with Crippen LogP contribution >= 0.6 is 0 Å². The molecule has 4 heterocycles. The van der Waals surface area contributed by atoms with Crippen molar-refractivity contribution in [1.82, 2.24) is 24.1 Å². The maximum absolute atomic E-state index is 14.6. The Bertz CT molecular complexity index is 1680. The first-order chi connectivity index (χ1) is 16.7. The molecule has 35 heavy (non-hydrogen) atoms. The van der Waals surface area contributed by atoms with Crippen LogP contribution < -0.4 is 4.72 Å². The van der Waals surface area contributed by atoms with Crippen molar-refractivity contribution in [3.8, 4) is 33.6 Å². The molecule has 0 amide bonds. The number of rotatable bonds is 6. The van der Waals surface area contributed by atoms with Gasteiger partial charge >= 0.3 is 0 Å². The summed E-state index contributed by atoms with van der Waals surface area (Å²) >= 11 is 0. The summed E-state index contributed by atoms with van der Waals surface area (Å²) in [6.45, 7) is 1.50. The molecule has 0 unspecified atom stereocenters. The topological polar surface area (TPSA) is 94.2 Å². The number of sulfonamides is 1. The molecule has 0 radical (unpaired) electrons. The standard InChI is InChI=1S/C24H20F2N6O2S/c1-3-35(33,34)30-23-9-16(8-21(29-23)19-5-4-18(25)11-20(19)26)22-13-27-24-10-15(6-7-32(22)24)17-12-28-31(2)14-17/h4-14H,3H2,1-2H3,(H,29,30). The highest BCUT2D eigenvalue weighted by atomic mass is 32.2. The number of pyridine rings is 2. The molecule has 0 aliphatic carbocycles. The molecule has 0 saturated heterocycles. The Kier molecular flexibility index (Phi) is 5.56. The van der Waals surface area contributed by atoms with Crippen LogP contribution in [0, 0.1) is 11.6 Å². The Morgan fingerprint density at radius 3 is 2.54 bits per heavy atom. The third-order valence-electron chi connectivity index (χ3n) is 5.52. The van der Waals surface area contributed by atoms with E-state index < -0.39 is 21.7 Å². The minimum Gasteiger partial charge on any atom is -0.300 e. The molecule has 0 atom stereocenters. The first kappa shape index (κ1) is 22.7. The van der Waals surface area contributed by atoms with Crippen LogP contribution in [0.4, 0.5) is 14.6 Å². The van der Waals surface area contributed by atoms with Gasteiger partial charge in [-0.15, -0.1) is 0 Å². The lowest BCUT2D eigenvalue weighted by atomic mass is 10.1. The van der Waals surface area contributed by atoms with Gasteiger partial charge in [-0.2, -0.15) is 5.10 Å². The summed E-state index contributed by atoms with van der Waals surface area (Å²) in [4.78, 5) is 8.77. The van der Waals surface area contributed by atoms with Crippen molar-refractivity contribution in [3.05, 3.63) is 78.9 Å². The molecule has 178 valence electrons. The number of imidazole rings is 1. The summed E-state index contributed by atoms with van der Waals surface area (Å²) in [5, 5.41) is 4.20. The quantitative estimate of drug-likeness (QED) is 0.375. The van der Waals surface area contributed by atoms with Gasteiger partial charge in [0, 0.05) is 42.2 Å². The van der Waals surface area contributed by atoms with E-state index in [0.717, 1.165) is 23.3 Å². The van der Waals surface area contributed by atoms with Crippen molar-refractivity contribution in [3.63, 3.8) is 0 Å². The molecule has 11 heteroatoms. The van der Waals surface area contributed by atoms with Crippen LogP contribution in [-0.2, 0) is 17.1 Å². The van der Waals surface area contributed by atoms with Gasteiger partial charge < -0.3 is 0 Å². The summed E-state index contributed by atoms with van der Waals surface area (Å²) in [5.41, 5.74) is 3.91. The number of anilines is 1. The maximum Gasteiger partial charge on any atom is 0.233 e. The van der Waals surface area contributed by atoms with E-state index in [1.54, 1.807) is 29.2 Å². The van der Waals surface area contributed by atoms with Gasteiger partial charge in [-0.25, -0.2) is 27.2 Å². The number of aryl methyl sites for hydroxylation is 1. The van der Waals surface area contributed by atoms with E-state index in [2.05, 4.69) is 19.8 Å². The summed E-state index contributed by atoms with van der Waals surface area (Å²) in [5.74, 6) is -1.67. The minimum absolute atomic E-state index is 0.0185. The van der Waals surface area contributed by atoms with E-state index in [1.165, 1.54) is 13.0 Å². The van der Waals surface area contributed by atoms with E-state index >= 15 is 0 Å². The SMILES string of the molecule is CCS(=O)(=O)Nc1cc(-c2cnc3cc(-c4cnn(C)c4)ccn23)cc(-c2ccc(F)cc2F)n1. The fourth-order valence-corrected chi connectivity index (χ4v) is 4.31. The van der Waals surface area contributed by atoms with Crippen LogP contribution in [0.15, 0.2) is 67.3 Å². The molecular formula is C24H20F2N6O2S. The number of fused-ring (bicyclic) bond motifs is 1. The Labute approximate surface area is 200 Å². The second kappa shape index (κ2) is 8.58. The normalized spacial score (nSPS) is 11.8. The smallest absolute Gasteiger partial charge is 0.233 e. The average molecular weight is 495 g/mol. The van der Waals surface area contributed by atoms with E-state index in [0.29, 0.717) is 16.9 Å². The Hall–Kier alpha value is -4.12. The highest BCUT2D eigenvalue weighted by molar-refractivity contribution is 7.92. The van der Waals surface area contributed by atoms with Crippen LogP contribution in [0.25, 0.3) is 39.3 Å². The number of nitrogens with one attached hydrogen (secondary N) is 1. The van der Waals surface area contributed by atoms with Gasteiger partial charge in [0.2, 0.25) is 10.0 Å². The number of hydrogen-bond acceptors (Lipinski definition) is 5. The van der Waals surface area contributed by atoms with Gasteiger partial charge in [-0.05, 0) is 48.9 Å². The van der Waals surface area contributed by atoms with E-state index in [4.69, 9.17) is 0 Å². The van der Waals surface area contributed by atoms with Crippen molar-refractivity contribution in [2.24, 2.45) is 7.05 Å². The van der Waals surface area contributed by atoms with Gasteiger partial charge in [0.05, 0.1) is 29.5 Å². The maximum atomic E-state index is 14.6. The first-order valence-electron chi connectivity index (χ1n) is 10.7. The largest absolute Gasteiger partial charge is 0.300 e. The average Bonchev–Trinajstić information content (AvgIpc) is 3.44. The minimum atomic E-state index is -3.65. The van der Waals surface area contributed by atoms with E-state index in [9.17, 15) is 17.2 Å². The highest BCUT2D eigenvalue weighted by Crippen LogP contribution is 2.31. The molecule has 0 bridgehead atoms. The van der Waals surface area contributed by atoms with Crippen LogP contribution in [0.1, 0.15) is 6.92 Å². The highest BCUT2D eigenvalue weighted by Gasteiger charge is 2.16. The van der Waals surface area contributed by atoms with Gasteiger partial charge in [0.25, 0.3) is 0 Å². The molecule has 1 N–H and O–H groups in total. The van der Waals surface area contributed by atoms with Crippen LogP contribution in [0.2, 0.25) is 0 Å². The van der Waals surface area contributed by atoms with Crippen LogP contribution in [0.3, 0.4) is 0 Å². The molecule has 0 fully saturated rings. The number of hydrogen-bond donors (Lipinski definition) is 1. The zero-order valence-corrected chi connectivity index (χ0v) is 19.6. The fraction of sp³-hybridized carbons (Fsp3) is 0.125. The predicted molar refractivity (Wildman–Crippen MR) is 129 cm³/mol. The fourth-order valence-electron chi connectivity index (χ4n) is 3.74. The van der Waals surface area contributed by atoms with Crippen molar-refractivity contribution in [1.29, 1.82) is 0 Å². The van der Waals surface area contributed by atoms with Gasteiger partial charge in [-0.1, -0.05) is 0 Å². The predicted octanol–water partition coefficient (Wildman–Crippen LogP) is 4.50. The van der Waals surface area contributed by atoms with Crippen LogP contribution in [-0.4, -0.2) is 38.3 Å². The number of benzene rings is 1. The third-order valence-corrected chi connectivity index (χ3v) is 6.80. The molecule has 5 rings (SSSR count). The Balaban J connectivity index is 1.65. The zero-order valence-electron chi connectivity index (χ0n) is 18.8. The molecule has 0 spiro atoms. The molecule has 5 aromatic rings. The number of aromatic nitrogens is 5. The summed E-state index contributed by atoms with van der Waals surface area (Å²) in [6, 6.07) is 10.1. The first-order valence-corrected chi connectivity index (χ1v) is 12.3. The van der Waals surface area contributed by atoms with Crippen LogP contribution in [0.5, 0.6) is 0 Å². The molecule has 4 aromatic heterocycles. The molecular weight excluding hydrogens is 474 g/mol. The second-order valence-electron chi connectivity index (χ2n) is 7.95. The molecule has 0 aliphatic heterocycles. The molecule has 0 aliphatic rings. The van der Waals surface area contributed by atoms with E-state index in [-0.39, 0.29) is 22.8 Å². The molecule has 0 saturated carbocycles. The Morgan fingerprint density at radius 2 is 1.83 bits per heavy atom. The van der Waals surface area contributed by atoms with Crippen molar-refractivity contribution < 1.29 is 17.2 Å². The van der Waals surface area contributed by atoms with Gasteiger partial charge in [0.15, 0.2) is 0 Å². The van der Waals surface area contributed by atoms with Crippen molar-refractivity contribution in [2.45, 2.75) is 6.92 Å². The Morgan fingerprint density at radius 1 is 1.00 bits per heavy atom. The van der Waals surface area contributed by atoms with Crippen molar-refractivity contribution in [2.75, 3.05) is 10.5 Å². The van der Waals surface area contributed by atoms with Gasteiger partial charge in [-0.3, -0.25) is 13.8 Å². The lowest BCUT2D eigenvalue weighted by molar-refractivity contribution is 0.585. The lowest BCUT2D eigenvalue weighted by Gasteiger charge is -2.12. The lowest BCUT2D eigenvalue weighted by Crippen LogP contribution is -2.15. The summed E-state index contributed by atoms with van der Waals surface area (Å²) < 4.78 is 58.4. The molecule has 8 nitrogen and oxygen atoms in total. The third kappa shape index (κ3) is 4.50. The van der Waals surface area contributed by atoms with Crippen molar-refractivity contribution >= 4 is 21.5 Å². The van der Waals surface area contributed by atoms with E-state index in [1.807, 2.05) is 36.0 Å². The molecule has 1 aromatic carbocycles. The second-order valence-corrected chi connectivity index (χ2v) is 9.96. The zero-order chi connectivity index (χ0) is 24.7. The van der Waals surface area contributed by atoms with Gasteiger partial charge in [0.1, 0.15) is 23.1 Å². The summed E-state index contributed by atoms with van der Waals surface area (Å²) in [7, 11) is -1.81. The number of halogens is 2.